The Morgan fingerprint density at radius 1 is 1.25 bits per heavy atom. The lowest BCUT2D eigenvalue weighted by molar-refractivity contribution is -0.143. The van der Waals surface area contributed by atoms with Crippen molar-refractivity contribution in [3.05, 3.63) is 0 Å². The third-order valence-electron chi connectivity index (χ3n) is 0.888. The number of hydrogen-bond donors (Lipinski definition) is 0. The average Bonchev–Trinajstić information content (AvgIpc) is 1.85. The summed E-state index contributed by atoms with van der Waals surface area (Å²) in [5, 5.41) is 0. The van der Waals surface area contributed by atoms with Crippen LogP contribution in [0, 0.1) is 0 Å². The predicted molar refractivity (Wildman–Crippen MR) is 51.4 cm³/mol. The quantitative estimate of drug-likeness (QED) is 0.571. The Morgan fingerprint density at radius 3 is 1.92 bits per heavy atom. The van der Waals surface area contributed by atoms with Crippen molar-refractivity contribution in [3.8, 4) is 0 Å². The van der Waals surface area contributed by atoms with E-state index in [4.69, 9.17) is 58.0 Å². The molecule has 0 heterocycles. The summed E-state index contributed by atoms with van der Waals surface area (Å²) >= 11 is 26.8. The summed E-state index contributed by atoms with van der Waals surface area (Å²) in [6, 6.07) is 0. The zero-order valence-corrected chi connectivity index (χ0v) is 9.69. The summed E-state index contributed by atoms with van der Waals surface area (Å²) in [5.41, 5.74) is 0. The standard InChI is InChI=1S/C5H5Cl5O2/c1-2-12-3(11)4(6,7)5(8,9)10/h2H2,1H3. The van der Waals surface area contributed by atoms with Crippen molar-refractivity contribution >= 4 is 64.0 Å². The number of carbonyl (C=O) groups is 1. The minimum Gasteiger partial charge on any atom is -0.464 e. The molecule has 72 valence electrons. The van der Waals surface area contributed by atoms with Gasteiger partial charge in [-0.2, -0.15) is 0 Å². The third-order valence-corrected chi connectivity index (χ3v) is 3.19. The Balaban J connectivity index is 4.50. The summed E-state index contributed by atoms with van der Waals surface area (Å²) < 4.78 is 0.195. The molecule has 0 aromatic heterocycles. The van der Waals surface area contributed by atoms with Gasteiger partial charge in [0.05, 0.1) is 6.61 Å². The van der Waals surface area contributed by atoms with Gasteiger partial charge in [0.15, 0.2) is 0 Å². The van der Waals surface area contributed by atoms with Gasteiger partial charge in [-0.15, -0.1) is 0 Å². The zero-order valence-electron chi connectivity index (χ0n) is 5.91. The smallest absolute Gasteiger partial charge is 0.347 e. The molecule has 0 saturated carbocycles. The zero-order chi connectivity index (χ0) is 9.99. The molecule has 0 bridgehead atoms. The predicted octanol–water partition coefficient (Wildman–Crippen LogP) is 3.09. The minimum absolute atomic E-state index is 0.112. The van der Waals surface area contributed by atoms with Crippen LogP contribution in [0.1, 0.15) is 6.92 Å². The van der Waals surface area contributed by atoms with Gasteiger partial charge < -0.3 is 4.74 Å². The molecule has 0 unspecified atom stereocenters. The molecule has 0 aliphatic carbocycles. The van der Waals surface area contributed by atoms with Crippen LogP contribution >= 0.6 is 58.0 Å². The molecule has 0 spiro atoms. The molecule has 7 heteroatoms. The number of alkyl halides is 5. The highest BCUT2D eigenvalue weighted by Gasteiger charge is 2.53. The van der Waals surface area contributed by atoms with Gasteiger partial charge >= 0.3 is 5.97 Å². The van der Waals surface area contributed by atoms with Crippen molar-refractivity contribution in [2.24, 2.45) is 0 Å². The van der Waals surface area contributed by atoms with Gasteiger partial charge in [0.2, 0.25) is 3.79 Å². The highest BCUT2D eigenvalue weighted by molar-refractivity contribution is 6.79. The number of halogens is 5. The highest BCUT2D eigenvalue weighted by Crippen LogP contribution is 2.46. The summed E-state index contributed by atoms with van der Waals surface area (Å²) in [6.07, 6.45) is 0. The molecule has 0 aliphatic heterocycles. The van der Waals surface area contributed by atoms with Gasteiger partial charge in [-0.25, -0.2) is 4.79 Å². The largest absolute Gasteiger partial charge is 0.464 e. The van der Waals surface area contributed by atoms with E-state index >= 15 is 0 Å². The van der Waals surface area contributed by atoms with Crippen LogP contribution in [-0.2, 0) is 9.53 Å². The van der Waals surface area contributed by atoms with Crippen LogP contribution in [0.25, 0.3) is 0 Å². The normalized spacial score (nSPS) is 12.8. The second-order valence-corrected chi connectivity index (χ2v) is 5.40. The summed E-state index contributed by atoms with van der Waals surface area (Å²) in [6.45, 7) is 1.70. The molecular formula is C5H5Cl5O2. The van der Waals surface area contributed by atoms with E-state index in [2.05, 4.69) is 4.74 Å². The number of hydrogen-bond acceptors (Lipinski definition) is 2. The van der Waals surface area contributed by atoms with Crippen LogP contribution in [0.3, 0.4) is 0 Å². The fraction of sp³-hybridized carbons (Fsp3) is 0.800. The Morgan fingerprint density at radius 2 is 1.67 bits per heavy atom. The van der Waals surface area contributed by atoms with E-state index in [0.717, 1.165) is 0 Å². The Bertz CT molecular complexity index is 173. The first kappa shape index (κ1) is 12.9. The van der Waals surface area contributed by atoms with Crippen LogP contribution in [0.2, 0.25) is 0 Å². The van der Waals surface area contributed by atoms with E-state index in [1.165, 1.54) is 0 Å². The minimum atomic E-state index is -2.17. The SMILES string of the molecule is CCOC(=O)C(Cl)(Cl)C(Cl)(Cl)Cl. The second kappa shape index (κ2) is 4.43. The summed E-state index contributed by atoms with van der Waals surface area (Å²) in [5.74, 6) is -0.978. The first-order valence-electron chi connectivity index (χ1n) is 2.85. The van der Waals surface area contributed by atoms with Crippen LogP contribution in [0.4, 0.5) is 0 Å². The topological polar surface area (TPSA) is 26.3 Å². The maximum atomic E-state index is 11.0. The number of ether oxygens (including phenoxy) is 1. The molecule has 0 atom stereocenters. The Hall–Kier alpha value is 0.920. The van der Waals surface area contributed by atoms with Crippen LogP contribution in [0.5, 0.6) is 0 Å². The Labute approximate surface area is 95.0 Å². The average molecular weight is 274 g/mol. The van der Waals surface area contributed by atoms with Crippen LogP contribution in [-0.4, -0.2) is 20.7 Å². The van der Waals surface area contributed by atoms with Gasteiger partial charge in [-0.1, -0.05) is 58.0 Å². The maximum absolute atomic E-state index is 11.0. The van der Waals surface area contributed by atoms with E-state index in [1.807, 2.05) is 0 Å². The maximum Gasteiger partial charge on any atom is 0.347 e. The molecule has 0 aromatic rings. The lowest BCUT2D eigenvalue weighted by atomic mass is 10.4. The van der Waals surface area contributed by atoms with Gasteiger partial charge in [-0.3, -0.25) is 0 Å². The van der Waals surface area contributed by atoms with Gasteiger partial charge in [-0.05, 0) is 6.92 Å². The van der Waals surface area contributed by atoms with Crippen LogP contribution in [0.15, 0.2) is 0 Å². The monoisotopic (exact) mass is 272 g/mol. The lowest BCUT2D eigenvalue weighted by Crippen LogP contribution is -2.40. The van der Waals surface area contributed by atoms with Crippen LogP contribution < -0.4 is 0 Å². The van der Waals surface area contributed by atoms with Gasteiger partial charge in [0, 0.05) is 0 Å². The third kappa shape index (κ3) is 3.00. The van der Waals surface area contributed by atoms with E-state index < -0.39 is 14.1 Å². The molecule has 0 rings (SSSR count). The van der Waals surface area contributed by atoms with Crippen molar-refractivity contribution in [2.45, 2.75) is 15.0 Å². The molecule has 0 fully saturated rings. The van der Waals surface area contributed by atoms with E-state index in [9.17, 15) is 4.79 Å². The lowest BCUT2D eigenvalue weighted by Gasteiger charge is -2.24. The molecule has 0 amide bonds. The molecule has 0 radical (unpaired) electrons. The molecular weight excluding hydrogens is 269 g/mol. The fourth-order valence-electron chi connectivity index (χ4n) is 0.337. The van der Waals surface area contributed by atoms with E-state index in [1.54, 1.807) is 6.92 Å². The second-order valence-electron chi connectivity index (χ2n) is 1.79. The van der Waals surface area contributed by atoms with Crippen molar-refractivity contribution in [1.82, 2.24) is 0 Å². The Kier molecular flexibility index (Phi) is 4.77. The first-order valence-corrected chi connectivity index (χ1v) is 4.74. The van der Waals surface area contributed by atoms with E-state index in [-0.39, 0.29) is 6.61 Å². The first-order chi connectivity index (χ1) is 5.23. The summed E-state index contributed by atoms with van der Waals surface area (Å²) in [4.78, 5) is 11.0. The molecule has 0 N–H and O–H groups in total. The highest BCUT2D eigenvalue weighted by atomic mass is 35.6. The van der Waals surface area contributed by atoms with Gasteiger partial charge in [0.1, 0.15) is 0 Å². The number of rotatable bonds is 2. The van der Waals surface area contributed by atoms with Gasteiger partial charge in [0.25, 0.3) is 4.33 Å². The molecule has 2 nitrogen and oxygen atoms in total. The van der Waals surface area contributed by atoms with E-state index in [0.29, 0.717) is 0 Å². The molecule has 0 aliphatic rings. The van der Waals surface area contributed by atoms with Crippen molar-refractivity contribution in [2.75, 3.05) is 6.61 Å². The van der Waals surface area contributed by atoms with Crippen molar-refractivity contribution < 1.29 is 9.53 Å². The molecule has 12 heavy (non-hydrogen) atoms. The molecule has 0 saturated heterocycles. The molecule has 0 aromatic carbocycles. The van der Waals surface area contributed by atoms with Crippen molar-refractivity contribution in [1.29, 1.82) is 0 Å². The summed E-state index contributed by atoms with van der Waals surface area (Å²) in [7, 11) is 0. The number of esters is 1. The van der Waals surface area contributed by atoms with Crippen molar-refractivity contribution in [3.63, 3.8) is 0 Å². The number of carbonyl (C=O) groups excluding carboxylic acids is 1. The fourth-order valence-corrected chi connectivity index (χ4v) is 0.678.